The number of benzene rings is 4. The lowest BCUT2D eigenvalue weighted by molar-refractivity contribution is 0.0996. The first-order valence-corrected chi connectivity index (χ1v) is 22.9. The van der Waals surface area contributed by atoms with Crippen molar-refractivity contribution in [2.45, 2.75) is 50.1 Å². The van der Waals surface area contributed by atoms with Gasteiger partial charge in [0, 0.05) is 76.9 Å². The third-order valence-electron chi connectivity index (χ3n) is 9.30. The standard InChI is InChI=1S/C22H25N3O5S.C16H19NO2.C6H7ClN2O3S/c1-16(26)21-13-22(23-24(21)2)31(27,28)25(14-17-5-9-19(29-3)10-6-17)15-18-7-11-20(30-4)12-8-18;1-18-15-7-3-13(4-8-15)11-17-12-14-5-9-16(19-2)10-6-14;1-4(10)5-3-6(8-9(5)2)13(7,11)12/h5-13H,14-15H2,1-4H3;3-10,17H,11-12H2,1-2H3;3H,1-2H3. The van der Waals surface area contributed by atoms with Gasteiger partial charge in [-0.2, -0.15) is 14.5 Å². The summed E-state index contributed by atoms with van der Waals surface area (Å²) in [5, 5.41) is 10.6. The van der Waals surface area contributed by atoms with Gasteiger partial charge in [-0.3, -0.25) is 19.0 Å². The van der Waals surface area contributed by atoms with Gasteiger partial charge in [-0.15, -0.1) is 0 Å². The lowest BCUT2D eigenvalue weighted by Gasteiger charge is -2.21. The van der Waals surface area contributed by atoms with Gasteiger partial charge in [0.05, 0.1) is 28.4 Å². The number of nitrogens with zero attached hydrogens (tertiary/aromatic N) is 5. The highest BCUT2D eigenvalue weighted by Gasteiger charge is 2.29. The molecule has 0 amide bonds. The van der Waals surface area contributed by atoms with Gasteiger partial charge in [-0.25, -0.2) is 16.8 Å². The molecule has 0 bridgehead atoms. The van der Waals surface area contributed by atoms with Crippen molar-refractivity contribution in [1.29, 1.82) is 0 Å². The SMILES string of the molecule is CC(=O)c1cc(S(=O)(=O)Cl)nn1C.COc1ccc(CN(Cc2ccc(OC)cc2)S(=O)(=O)c2cc(C(C)=O)n(C)n2)cc1.COc1ccc(CNCc2ccc(OC)cc2)cc1. The molecular formula is C44H51ClN6O10S2. The predicted molar refractivity (Wildman–Crippen MR) is 238 cm³/mol. The summed E-state index contributed by atoms with van der Waals surface area (Å²) in [5.74, 6) is 2.63. The molecule has 6 aromatic rings. The summed E-state index contributed by atoms with van der Waals surface area (Å²) >= 11 is 0. The average molecular weight is 924 g/mol. The molecule has 2 heterocycles. The quantitative estimate of drug-likeness (QED) is 0.0764. The van der Waals surface area contributed by atoms with E-state index in [1.165, 1.54) is 51.8 Å². The Labute approximate surface area is 372 Å². The van der Waals surface area contributed by atoms with Gasteiger partial charge >= 0.3 is 0 Å². The highest BCUT2D eigenvalue weighted by Crippen LogP contribution is 2.24. The van der Waals surface area contributed by atoms with Crippen molar-refractivity contribution in [2.24, 2.45) is 14.1 Å². The van der Waals surface area contributed by atoms with E-state index in [0.29, 0.717) is 11.5 Å². The number of methoxy groups -OCH3 is 4. The molecule has 0 saturated carbocycles. The molecule has 336 valence electrons. The first kappa shape index (κ1) is 49.6. The molecule has 1 N–H and O–H groups in total. The number of halogens is 1. The summed E-state index contributed by atoms with van der Waals surface area (Å²) in [5.41, 5.74) is 4.51. The highest BCUT2D eigenvalue weighted by atomic mass is 35.7. The number of carbonyl (C=O) groups is 2. The molecule has 0 aliphatic heterocycles. The summed E-state index contributed by atoms with van der Waals surface area (Å²) in [7, 11) is 6.73. The normalized spacial score (nSPS) is 11.1. The van der Waals surface area contributed by atoms with Gasteiger partial charge in [-0.1, -0.05) is 48.5 Å². The smallest absolute Gasteiger partial charge is 0.280 e. The number of hydrogen-bond acceptors (Lipinski definition) is 13. The van der Waals surface area contributed by atoms with Crippen molar-refractivity contribution in [2.75, 3.05) is 28.4 Å². The van der Waals surface area contributed by atoms with E-state index in [1.54, 1.807) is 59.8 Å². The van der Waals surface area contributed by atoms with E-state index in [1.807, 2.05) is 48.5 Å². The summed E-state index contributed by atoms with van der Waals surface area (Å²) < 4.78 is 72.9. The molecule has 16 nitrogen and oxygen atoms in total. The molecule has 0 atom stereocenters. The van der Waals surface area contributed by atoms with Gasteiger partial charge in [0.2, 0.25) is 0 Å². The summed E-state index contributed by atoms with van der Waals surface area (Å²) in [6.45, 7) is 4.64. The van der Waals surface area contributed by atoms with Crippen LogP contribution in [0.25, 0.3) is 0 Å². The molecule has 0 spiro atoms. The van der Waals surface area contributed by atoms with E-state index < -0.39 is 19.1 Å². The topological polar surface area (TPSA) is 190 Å². The average Bonchev–Trinajstić information content (AvgIpc) is 3.88. The number of aryl methyl sites for hydroxylation is 2. The van der Waals surface area contributed by atoms with Crippen LogP contribution in [0.1, 0.15) is 57.1 Å². The lowest BCUT2D eigenvalue weighted by Crippen LogP contribution is -2.30. The van der Waals surface area contributed by atoms with Crippen LogP contribution in [0.5, 0.6) is 23.0 Å². The van der Waals surface area contributed by atoms with Crippen LogP contribution in [0.4, 0.5) is 0 Å². The van der Waals surface area contributed by atoms with Crippen molar-refractivity contribution >= 4 is 41.3 Å². The molecule has 0 radical (unpaired) electrons. The summed E-state index contributed by atoms with van der Waals surface area (Å²) in [6, 6.07) is 33.0. The molecule has 4 aromatic carbocycles. The molecule has 0 aliphatic carbocycles. The van der Waals surface area contributed by atoms with Crippen LogP contribution in [0.3, 0.4) is 0 Å². The second-order valence-corrected chi connectivity index (χ2v) is 18.2. The molecule has 2 aromatic heterocycles. The number of ketones is 2. The minimum Gasteiger partial charge on any atom is -0.497 e. The number of carbonyl (C=O) groups excluding carboxylic acids is 2. The molecule has 63 heavy (non-hydrogen) atoms. The zero-order chi connectivity index (χ0) is 46.3. The van der Waals surface area contributed by atoms with Crippen LogP contribution >= 0.6 is 10.7 Å². The molecule has 0 aliphatic rings. The fourth-order valence-electron chi connectivity index (χ4n) is 5.85. The number of Topliss-reactive ketones (excluding diaryl/α,β-unsaturated/α-hetero) is 2. The van der Waals surface area contributed by atoms with Crippen molar-refractivity contribution in [3.63, 3.8) is 0 Å². The van der Waals surface area contributed by atoms with Crippen LogP contribution < -0.4 is 24.3 Å². The molecule has 19 heteroatoms. The van der Waals surface area contributed by atoms with E-state index in [9.17, 15) is 26.4 Å². The fraction of sp³-hybridized carbons (Fsp3) is 0.273. The van der Waals surface area contributed by atoms with Crippen LogP contribution in [0.15, 0.2) is 119 Å². The summed E-state index contributed by atoms with van der Waals surface area (Å²) in [4.78, 5) is 22.7. The Morgan fingerprint density at radius 2 is 0.857 bits per heavy atom. The third kappa shape index (κ3) is 14.5. The number of nitrogens with one attached hydrogen (secondary N) is 1. The second-order valence-electron chi connectivity index (χ2n) is 13.8. The van der Waals surface area contributed by atoms with Gasteiger partial charge in [0.1, 0.15) is 34.4 Å². The van der Waals surface area contributed by atoms with Crippen molar-refractivity contribution < 1.29 is 45.4 Å². The van der Waals surface area contributed by atoms with Gasteiger partial charge in [-0.05, 0) is 70.8 Å². The van der Waals surface area contributed by atoms with Crippen molar-refractivity contribution in [3.8, 4) is 23.0 Å². The number of rotatable bonds is 17. The zero-order valence-electron chi connectivity index (χ0n) is 36.2. The van der Waals surface area contributed by atoms with E-state index in [4.69, 9.17) is 29.6 Å². The van der Waals surface area contributed by atoms with Crippen LogP contribution in [0.2, 0.25) is 0 Å². The van der Waals surface area contributed by atoms with E-state index >= 15 is 0 Å². The second kappa shape index (κ2) is 22.9. The lowest BCUT2D eigenvalue weighted by atomic mass is 10.2. The van der Waals surface area contributed by atoms with E-state index in [-0.39, 0.29) is 46.1 Å². The number of sulfonamides is 1. The van der Waals surface area contributed by atoms with Gasteiger partial charge in [0.25, 0.3) is 19.1 Å². The van der Waals surface area contributed by atoms with Crippen LogP contribution in [-0.2, 0) is 59.3 Å². The Bertz CT molecular complexity index is 2550. The Morgan fingerprint density at radius 1 is 0.556 bits per heavy atom. The maximum absolute atomic E-state index is 13.5. The Balaban J connectivity index is 0.000000230. The molecule has 6 rings (SSSR count). The minimum atomic E-state index is -3.98. The number of aromatic nitrogens is 4. The minimum absolute atomic E-state index is 0.129. The molecule has 0 unspecified atom stereocenters. The number of hydrogen-bond donors (Lipinski definition) is 1. The fourth-order valence-corrected chi connectivity index (χ4v) is 7.94. The molecule has 0 saturated heterocycles. The van der Waals surface area contributed by atoms with Crippen molar-refractivity contribution in [3.05, 3.63) is 143 Å². The van der Waals surface area contributed by atoms with Crippen molar-refractivity contribution in [1.82, 2.24) is 29.2 Å². The predicted octanol–water partition coefficient (Wildman–Crippen LogP) is 6.57. The van der Waals surface area contributed by atoms with Gasteiger partial charge in [0.15, 0.2) is 21.6 Å². The maximum atomic E-state index is 13.5. The number of ether oxygens (including phenoxy) is 4. The summed E-state index contributed by atoms with van der Waals surface area (Å²) in [6.07, 6.45) is 0. The third-order valence-corrected chi connectivity index (χ3v) is 12.1. The monoisotopic (exact) mass is 922 g/mol. The Kier molecular flexibility index (Phi) is 18.0. The maximum Gasteiger partial charge on any atom is 0.280 e. The Morgan fingerprint density at radius 3 is 1.13 bits per heavy atom. The van der Waals surface area contributed by atoms with E-state index in [2.05, 4.69) is 39.8 Å². The first-order chi connectivity index (χ1) is 29.9. The first-order valence-electron chi connectivity index (χ1n) is 19.2. The largest absolute Gasteiger partial charge is 0.497 e. The van der Waals surface area contributed by atoms with E-state index in [0.717, 1.165) is 41.8 Å². The molecule has 0 fully saturated rings. The Hall–Kier alpha value is -6.05. The highest BCUT2D eigenvalue weighted by molar-refractivity contribution is 8.13. The van der Waals surface area contributed by atoms with Crippen LogP contribution in [-0.4, -0.2) is 80.7 Å². The van der Waals surface area contributed by atoms with Gasteiger partial charge < -0.3 is 24.3 Å². The zero-order valence-corrected chi connectivity index (χ0v) is 38.6. The van der Waals surface area contributed by atoms with Crippen LogP contribution in [0, 0.1) is 0 Å². The molecular weight excluding hydrogens is 872 g/mol.